The number of hydrogen-bond acceptors (Lipinski definition) is 5. The van der Waals surface area contributed by atoms with Gasteiger partial charge in [0, 0.05) is 0 Å². The van der Waals surface area contributed by atoms with E-state index in [1.54, 1.807) is 20.8 Å². The number of carbonyl (C=O) groups is 2. The third kappa shape index (κ3) is 12.9. The van der Waals surface area contributed by atoms with Crippen molar-refractivity contribution in [2.24, 2.45) is 5.73 Å². The number of unbranched alkanes of at least 4 members (excludes halogenated alkanes) is 4. The summed E-state index contributed by atoms with van der Waals surface area (Å²) in [7, 11) is 0. The number of esters is 1. The minimum absolute atomic E-state index is 0.391. The van der Waals surface area contributed by atoms with Crippen molar-refractivity contribution < 1.29 is 19.1 Å². The lowest BCUT2D eigenvalue weighted by Gasteiger charge is -2.23. The molecule has 23 heavy (non-hydrogen) atoms. The molecule has 0 aliphatic carbocycles. The molecule has 6 nitrogen and oxygen atoms in total. The zero-order chi connectivity index (χ0) is 17.7. The van der Waals surface area contributed by atoms with Crippen LogP contribution in [-0.4, -0.2) is 36.9 Å². The van der Waals surface area contributed by atoms with Crippen molar-refractivity contribution in [2.75, 3.05) is 13.2 Å². The van der Waals surface area contributed by atoms with Gasteiger partial charge < -0.3 is 20.5 Å². The van der Waals surface area contributed by atoms with E-state index in [-0.39, 0.29) is 0 Å². The van der Waals surface area contributed by atoms with Crippen molar-refractivity contribution in [1.29, 1.82) is 0 Å². The lowest BCUT2D eigenvalue weighted by molar-refractivity contribution is -0.146. The van der Waals surface area contributed by atoms with Crippen LogP contribution in [0.2, 0.25) is 0 Å². The number of amides is 1. The average molecular weight is 330 g/mol. The molecule has 0 heterocycles. The number of nitrogens with one attached hydrogen (secondary N) is 1. The first kappa shape index (κ1) is 21.7. The summed E-state index contributed by atoms with van der Waals surface area (Å²) in [5, 5.41) is 2.61. The minimum Gasteiger partial charge on any atom is -0.464 e. The predicted molar refractivity (Wildman–Crippen MR) is 91.2 cm³/mol. The fraction of sp³-hybridized carbons (Fsp3) is 0.882. The maximum absolute atomic E-state index is 12.1. The average Bonchev–Trinajstić information content (AvgIpc) is 2.44. The Morgan fingerprint density at radius 2 is 1.78 bits per heavy atom. The molecule has 136 valence electrons. The second kappa shape index (κ2) is 12.2. The largest absolute Gasteiger partial charge is 0.464 e. The Balaban J connectivity index is 4.36. The Bertz CT molecular complexity index is 340. The van der Waals surface area contributed by atoms with E-state index in [2.05, 4.69) is 12.2 Å². The van der Waals surface area contributed by atoms with Gasteiger partial charge in [0.05, 0.1) is 6.61 Å². The minimum atomic E-state index is -0.678. The SMILES string of the molecule is CCCCCCOC(=O)[C@H](CCCCN)NC(=O)OC(C)(C)C. The third-order valence-corrected chi connectivity index (χ3v) is 3.16. The molecule has 0 aliphatic rings. The van der Waals surface area contributed by atoms with Crippen LogP contribution in [0.25, 0.3) is 0 Å². The Hall–Kier alpha value is -1.30. The molecule has 1 atom stereocenters. The zero-order valence-corrected chi connectivity index (χ0v) is 15.2. The van der Waals surface area contributed by atoms with Gasteiger partial charge in [-0.25, -0.2) is 9.59 Å². The van der Waals surface area contributed by atoms with Crippen LogP contribution >= 0.6 is 0 Å². The van der Waals surface area contributed by atoms with Crippen molar-refractivity contribution >= 4 is 12.1 Å². The molecule has 0 saturated heterocycles. The maximum Gasteiger partial charge on any atom is 0.408 e. The molecular formula is C17H34N2O4. The Morgan fingerprint density at radius 3 is 2.35 bits per heavy atom. The van der Waals surface area contributed by atoms with Gasteiger partial charge in [0.25, 0.3) is 0 Å². The molecule has 0 rings (SSSR count). The van der Waals surface area contributed by atoms with E-state index in [1.165, 1.54) is 0 Å². The van der Waals surface area contributed by atoms with Crippen LogP contribution in [0.15, 0.2) is 0 Å². The molecule has 1 amide bonds. The molecule has 0 aromatic heterocycles. The van der Waals surface area contributed by atoms with Gasteiger partial charge >= 0.3 is 12.1 Å². The number of alkyl carbamates (subject to hydrolysis) is 1. The monoisotopic (exact) mass is 330 g/mol. The molecular weight excluding hydrogens is 296 g/mol. The number of nitrogens with two attached hydrogens (primary N) is 1. The van der Waals surface area contributed by atoms with Gasteiger partial charge in [-0.15, -0.1) is 0 Å². The molecule has 0 aromatic carbocycles. The first-order valence-corrected chi connectivity index (χ1v) is 8.66. The van der Waals surface area contributed by atoms with Gasteiger partial charge in [0.1, 0.15) is 11.6 Å². The summed E-state index contributed by atoms with van der Waals surface area (Å²) in [6.07, 6.45) is 5.62. The van der Waals surface area contributed by atoms with E-state index >= 15 is 0 Å². The standard InChI is InChI=1S/C17H34N2O4/c1-5-6-7-10-13-22-15(20)14(11-8-9-12-18)19-16(21)23-17(2,3)4/h14H,5-13,18H2,1-4H3,(H,19,21)/t14-/m0/s1. The fourth-order valence-electron chi connectivity index (χ4n) is 1.99. The van der Waals surface area contributed by atoms with E-state index in [0.29, 0.717) is 19.6 Å². The number of rotatable bonds is 11. The van der Waals surface area contributed by atoms with Gasteiger partial charge in [-0.3, -0.25) is 0 Å². The van der Waals surface area contributed by atoms with Crippen LogP contribution in [-0.2, 0) is 14.3 Å². The highest BCUT2D eigenvalue weighted by Gasteiger charge is 2.25. The first-order chi connectivity index (χ1) is 10.8. The van der Waals surface area contributed by atoms with Crippen molar-refractivity contribution in [3.63, 3.8) is 0 Å². The smallest absolute Gasteiger partial charge is 0.408 e. The van der Waals surface area contributed by atoms with E-state index in [9.17, 15) is 9.59 Å². The van der Waals surface area contributed by atoms with Gasteiger partial charge in [-0.05, 0) is 53.0 Å². The van der Waals surface area contributed by atoms with Crippen LogP contribution in [0, 0.1) is 0 Å². The van der Waals surface area contributed by atoms with E-state index in [4.69, 9.17) is 15.2 Å². The molecule has 0 aliphatic heterocycles. The van der Waals surface area contributed by atoms with Crippen molar-refractivity contribution in [1.82, 2.24) is 5.32 Å². The predicted octanol–water partition coefficient (Wildman–Crippen LogP) is 3.13. The van der Waals surface area contributed by atoms with Crippen LogP contribution in [0.3, 0.4) is 0 Å². The lowest BCUT2D eigenvalue weighted by atomic mass is 10.1. The molecule has 6 heteroatoms. The van der Waals surface area contributed by atoms with Gasteiger partial charge in [0.2, 0.25) is 0 Å². The maximum atomic E-state index is 12.1. The third-order valence-electron chi connectivity index (χ3n) is 3.16. The second-order valence-corrected chi connectivity index (χ2v) is 6.71. The highest BCUT2D eigenvalue weighted by molar-refractivity contribution is 5.81. The summed E-state index contributed by atoms with van der Waals surface area (Å²) in [4.78, 5) is 24.0. The normalized spacial score (nSPS) is 12.6. The van der Waals surface area contributed by atoms with E-state index < -0.39 is 23.7 Å². The van der Waals surface area contributed by atoms with Gasteiger partial charge in [-0.1, -0.05) is 26.2 Å². The first-order valence-electron chi connectivity index (χ1n) is 8.66. The summed E-state index contributed by atoms with van der Waals surface area (Å²) < 4.78 is 10.5. The molecule has 3 N–H and O–H groups in total. The van der Waals surface area contributed by atoms with Crippen LogP contribution < -0.4 is 11.1 Å². The quantitative estimate of drug-likeness (QED) is 0.448. The van der Waals surface area contributed by atoms with E-state index in [0.717, 1.165) is 38.5 Å². The molecule has 0 fully saturated rings. The summed E-state index contributed by atoms with van der Waals surface area (Å²) in [6.45, 7) is 8.42. The number of carbonyl (C=O) groups excluding carboxylic acids is 2. The Kier molecular flexibility index (Phi) is 11.5. The number of hydrogen-bond donors (Lipinski definition) is 2. The van der Waals surface area contributed by atoms with Gasteiger partial charge in [0.15, 0.2) is 0 Å². The highest BCUT2D eigenvalue weighted by atomic mass is 16.6. The summed E-state index contributed by atoms with van der Waals surface area (Å²) >= 11 is 0. The molecule has 0 aromatic rings. The molecule has 0 spiro atoms. The Labute approximate surface area is 140 Å². The van der Waals surface area contributed by atoms with Crippen LogP contribution in [0.4, 0.5) is 4.79 Å². The molecule has 0 unspecified atom stereocenters. The van der Waals surface area contributed by atoms with Crippen LogP contribution in [0.5, 0.6) is 0 Å². The summed E-state index contributed by atoms with van der Waals surface area (Å²) in [5.41, 5.74) is 4.87. The summed E-state index contributed by atoms with van der Waals surface area (Å²) in [6, 6.07) is -0.678. The van der Waals surface area contributed by atoms with Crippen molar-refractivity contribution in [3.05, 3.63) is 0 Å². The Morgan fingerprint density at radius 1 is 1.09 bits per heavy atom. The van der Waals surface area contributed by atoms with Crippen LogP contribution in [0.1, 0.15) is 72.6 Å². The molecule has 0 bridgehead atoms. The highest BCUT2D eigenvalue weighted by Crippen LogP contribution is 2.09. The fourth-order valence-corrected chi connectivity index (χ4v) is 1.99. The van der Waals surface area contributed by atoms with Crippen molar-refractivity contribution in [3.8, 4) is 0 Å². The number of ether oxygens (including phenoxy) is 2. The van der Waals surface area contributed by atoms with E-state index in [1.807, 2.05) is 0 Å². The van der Waals surface area contributed by atoms with Gasteiger partial charge in [-0.2, -0.15) is 0 Å². The zero-order valence-electron chi connectivity index (χ0n) is 15.2. The molecule has 0 saturated carbocycles. The summed E-state index contributed by atoms with van der Waals surface area (Å²) in [5.74, 6) is -0.399. The lowest BCUT2D eigenvalue weighted by Crippen LogP contribution is -2.44. The molecule has 0 radical (unpaired) electrons. The second-order valence-electron chi connectivity index (χ2n) is 6.71. The van der Waals surface area contributed by atoms with Crippen molar-refractivity contribution in [2.45, 2.75) is 84.3 Å². The topological polar surface area (TPSA) is 90.6 Å².